The number of nitrogens with zero attached hydrogens (tertiary/aromatic N) is 1. The number of nitrogens with one attached hydrogen (secondary N) is 2. The third kappa shape index (κ3) is 2.78. The molecule has 1 atom stereocenters. The Balaban J connectivity index is 1.60. The van der Waals surface area contributed by atoms with E-state index < -0.39 is 0 Å². The number of hydrogen-bond donors (Lipinski definition) is 2. The van der Waals surface area contributed by atoms with Gasteiger partial charge in [0, 0.05) is 37.1 Å². The quantitative estimate of drug-likeness (QED) is 0.856. The van der Waals surface area contributed by atoms with Crippen molar-refractivity contribution in [3.8, 4) is 0 Å². The summed E-state index contributed by atoms with van der Waals surface area (Å²) in [6.07, 6.45) is 5.31. The molecule has 18 heavy (non-hydrogen) atoms. The minimum absolute atomic E-state index is 0.603. The minimum Gasteiger partial charge on any atom is -0.381 e. The molecule has 1 unspecified atom stereocenters. The fourth-order valence-corrected chi connectivity index (χ4v) is 2.93. The molecule has 2 N–H and O–H groups in total. The van der Waals surface area contributed by atoms with Crippen molar-refractivity contribution in [2.45, 2.75) is 31.7 Å². The van der Waals surface area contributed by atoms with Crippen molar-refractivity contribution in [3.05, 3.63) is 24.3 Å². The number of rotatable bonds is 3. The van der Waals surface area contributed by atoms with Crippen LogP contribution in [0.25, 0.3) is 0 Å². The molecule has 3 heteroatoms. The van der Waals surface area contributed by atoms with Gasteiger partial charge in [0.25, 0.3) is 0 Å². The van der Waals surface area contributed by atoms with Crippen LogP contribution in [0, 0.1) is 0 Å². The molecular formula is C15H23N3. The fourth-order valence-electron chi connectivity index (χ4n) is 2.93. The van der Waals surface area contributed by atoms with Crippen LogP contribution in [0.15, 0.2) is 24.3 Å². The van der Waals surface area contributed by atoms with Crippen LogP contribution in [0.3, 0.4) is 0 Å². The van der Waals surface area contributed by atoms with E-state index in [1.165, 1.54) is 50.1 Å². The normalized spacial score (nSPS) is 24.2. The number of anilines is 2. The lowest BCUT2D eigenvalue weighted by Crippen LogP contribution is -2.29. The highest BCUT2D eigenvalue weighted by molar-refractivity contribution is 5.55. The van der Waals surface area contributed by atoms with Crippen LogP contribution in [0.1, 0.15) is 25.7 Å². The van der Waals surface area contributed by atoms with E-state index in [1.54, 1.807) is 0 Å². The Morgan fingerprint density at radius 3 is 2.50 bits per heavy atom. The van der Waals surface area contributed by atoms with Crippen molar-refractivity contribution in [1.29, 1.82) is 0 Å². The topological polar surface area (TPSA) is 27.3 Å². The van der Waals surface area contributed by atoms with Crippen LogP contribution in [0.2, 0.25) is 0 Å². The highest BCUT2D eigenvalue weighted by Gasteiger charge is 2.14. The van der Waals surface area contributed by atoms with Crippen molar-refractivity contribution < 1.29 is 0 Å². The summed E-state index contributed by atoms with van der Waals surface area (Å²) in [4.78, 5) is 2.50. The molecule has 2 aliphatic heterocycles. The van der Waals surface area contributed by atoms with Crippen molar-refractivity contribution in [1.82, 2.24) is 5.32 Å². The van der Waals surface area contributed by atoms with E-state index >= 15 is 0 Å². The van der Waals surface area contributed by atoms with Crippen LogP contribution in [0.4, 0.5) is 11.4 Å². The van der Waals surface area contributed by atoms with Gasteiger partial charge >= 0.3 is 0 Å². The Bertz CT molecular complexity index is 362. The van der Waals surface area contributed by atoms with Gasteiger partial charge in [0.1, 0.15) is 0 Å². The highest BCUT2D eigenvalue weighted by atomic mass is 15.1. The van der Waals surface area contributed by atoms with Gasteiger partial charge < -0.3 is 15.5 Å². The van der Waals surface area contributed by atoms with Gasteiger partial charge in [-0.15, -0.1) is 0 Å². The first kappa shape index (κ1) is 11.8. The molecule has 0 bridgehead atoms. The maximum Gasteiger partial charge on any atom is 0.0398 e. The lowest BCUT2D eigenvalue weighted by atomic mass is 10.1. The Morgan fingerprint density at radius 2 is 1.83 bits per heavy atom. The third-order valence-corrected chi connectivity index (χ3v) is 4.02. The average molecular weight is 245 g/mol. The first-order valence-electron chi connectivity index (χ1n) is 7.24. The molecule has 0 spiro atoms. The zero-order valence-corrected chi connectivity index (χ0v) is 11.0. The summed E-state index contributed by atoms with van der Waals surface area (Å²) in [5.74, 6) is 0. The van der Waals surface area contributed by atoms with Gasteiger partial charge in [-0.25, -0.2) is 0 Å². The SMILES string of the molecule is c1cc(N2CCCCC2)ccc1NC1CCNC1. The fraction of sp³-hybridized carbons (Fsp3) is 0.600. The summed E-state index contributed by atoms with van der Waals surface area (Å²) in [6, 6.07) is 9.57. The molecule has 2 aliphatic rings. The molecule has 0 aromatic heterocycles. The maximum absolute atomic E-state index is 3.59. The molecule has 0 aliphatic carbocycles. The van der Waals surface area contributed by atoms with E-state index in [4.69, 9.17) is 0 Å². The highest BCUT2D eigenvalue weighted by Crippen LogP contribution is 2.22. The van der Waals surface area contributed by atoms with Gasteiger partial charge in [-0.2, -0.15) is 0 Å². The predicted octanol–water partition coefficient (Wildman–Crippen LogP) is 2.45. The summed E-state index contributed by atoms with van der Waals surface area (Å²) in [5, 5.41) is 6.97. The van der Waals surface area contributed by atoms with Crippen LogP contribution in [0.5, 0.6) is 0 Å². The minimum atomic E-state index is 0.603. The summed E-state index contributed by atoms with van der Waals surface area (Å²) in [5.41, 5.74) is 2.63. The van der Waals surface area contributed by atoms with E-state index in [-0.39, 0.29) is 0 Å². The molecule has 1 aromatic carbocycles. The monoisotopic (exact) mass is 245 g/mol. The second kappa shape index (κ2) is 5.61. The van der Waals surface area contributed by atoms with Crippen LogP contribution in [-0.4, -0.2) is 32.2 Å². The number of hydrogen-bond acceptors (Lipinski definition) is 3. The Hall–Kier alpha value is -1.22. The van der Waals surface area contributed by atoms with E-state index in [1.807, 2.05) is 0 Å². The Morgan fingerprint density at radius 1 is 1.06 bits per heavy atom. The molecule has 0 radical (unpaired) electrons. The number of benzene rings is 1. The van der Waals surface area contributed by atoms with E-state index in [2.05, 4.69) is 39.8 Å². The molecule has 2 saturated heterocycles. The van der Waals surface area contributed by atoms with Crippen molar-refractivity contribution in [2.75, 3.05) is 36.4 Å². The largest absolute Gasteiger partial charge is 0.381 e. The first-order valence-corrected chi connectivity index (χ1v) is 7.24. The molecule has 0 saturated carbocycles. The van der Waals surface area contributed by atoms with E-state index in [0.29, 0.717) is 6.04 Å². The molecule has 2 heterocycles. The summed E-state index contributed by atoms with van der Waals surface area (Å²) >= 11 is 0. The smallest absolute Gasteiger partial charge is 0.0398 e. The summed E-state index contributed by atoms with van der Waals surface area (Å²) in [6.45, 7) is 4.68. The predicted molar refractivity (Wildman–Crippen MR) is 77.4 cm³/mol. The molecule has 2 fully saturated rings. The summed E-state index contributed by atoms with van der Waals surface area (Å²) < 4.78 is 0. The van der Waals surface area contributed by atoms with Gasteiger partial charge in [0.2, 0.25) is 0 Å². The lowest BCUT2D eigenvalue weighted by molar-refractivity contribution is 0.578. The molecular weight excluding hydrogens is 222 g/mol. The second-order valence-corrected chi connectivity index (χ2v) is 5.43. The van der Waals surface area contributed by atoms with Crippen LogP contribution in [-0.2, 0) is 0 Å². The van der Waals surface area contributed by atoms with Crippen LogP contribution < -0.4 is 15.5 Å². The van der Waals surface area contributed by atoms with Gasteiger partial charge in [-0.3, -0.25) is 0 Å². The van der Waals surface area contributed by atoms with Gasteiger partial charge in [0.15, 0.2) is 0 Å². The maximum atomic E-state index is 3.59. The van der Waals surface area contributed by atoms with Crippen molar-refractivity contribution in [3.63, 3.8) is 0 Å². The van der Waals surface area contributed by atoms with E-state index in [0.717, 1.165) is 13.1 Å². The number of piperidine rings is 1. The zero-order valence-electron chi connectivity index (χ0n) is 11.0. The zero-order chi connectivity index (χ0) is 12.2. The van der Waals surface area contributed by atoms with Gasteiger partial charge in [-0.1, -0.05) is 0 Å². The third-order valence-electron chi connectivity index (χ3n) is 4.02. The average Bonchev–Trinajstić information content (AvgIpc) is 2.94. The Kier molecular flexibility index (Phi) is 3.69. The van der Waals surface area contributed by atoms with Crippen molar-refractivity contribution in [2.24, 2.45) is 0 Å². The van der Waals surface area contributed by atoms with Gasteiger partial charge in [0.05, 0.1) is 0 Å². The lowest BCUT2D eigenvalue weighted by Gasteiger charge is -2.29. The van der Waals surface area contributed by atoms with E-state index in [9.17, 15) is 0 Å². The molecule has 3 nitrogen and oxygen atoms in total. The molecule has 1 aromatic rings. The first-order chi connectivity index (χ1) is 8.92. The Labute approximate surface area is 110 Å². The van der Waals surface area contributed by atoms with Gasteiger partial charge in [-0.05, 0) is 56.5 Å². The molecule has 0 amide bonds. The van der Waals surface area contributed by atoms with Crippen molar-refractivity contribution >= 4 is 11.4 Å². The summed E-state index contributed by atoms with van der Waals surface area (Å²) in [7, 11) is 0. The molecule has 98 valence electrons. The molecule has 3 rings (SSSR count). The second-order valence-electron chi connectivity index (χ2n) is 5.43. The van der Waals surface area contributed by atoms with Crippen LogP contribution >= 0.6 is 0 Å². The standard InChI is InChI=1S/C15H23N3/c1-2-10-18(11-3-1)15-6-4-13(5-7-15)17-14-8-9-16-12-14/h4-7,14,16-17H,1-3,8-12H2.